The number of rotatable bonds is 6. The van der Waals surface area contributed by atoms with Gasteiger partial charge in [-0.3, -0.25) is 10.1 Å². The minimum absolute atomic E-state index is 0.0454. The maximum atomic E-state index is 10.9. The highest BCUT2D eigenvalue weighted by Crippen LogP contribution is 2.25. The topological polar surface area (TPSA) is 65.3 Å². The van der Waals surface area contributed by atoms with E-state index in [-0.39, 0.29) is 10.5 Å². The van der Waals surface area contributed by atoms with Crippen molar-refractivity contribution in [2.45, 2.75) is 31.5 Å². The molecule has 1 heterocycles. The van der Waals surface area contributed by atoms with Crippen LogP contribution in [0, 0.1) is 16.0 Å². The van der Waals surface area contributed by atoms with E-state index in [1.54, 1.807) is 0 Å². The van der Waals surface area contributed by atoms with Gasteiger partial charge in [0.25, 0.3) is 5.69 Å². The Kier molecular flexibility index (Phi) is 5.53. The van der Waals surface area contributed by atoms with Crippen LogP contribution in [-0.2, 0) is 6.42 Å². The molecular formula is C12H17BrN2O3. The fourth-order valence-corrected chi connectivity index (χ4v) is 2.76. The molecule has 1 unspecified atom stereocenters. The molecule has 0 N–H and O–H groups in total. The van der Waals surface area contributed by atoms with E-state index in [1.807, 2.05) is 0 Å². The smallest absolute Gasteiger partial charge is 0.291 e. The molecule has 1 atom stereocenters. The van der Waals surface area contributed by atoms with Gasteiger partial charge in [-0.25, -0.2) is 4.98 Å². The molecule has 0 spiro atoms. The van der Waals surface area contributed by atoms with Gasteiger partial charge in [-0.1, -0.05) is 29.8 Å². The van der Waals surface area contributed by atoms with Crippen molar-refractivity contribution >= 4 is 21.6 Å². The van der Waals surface area contributed by atoms with Crippen molar-refractivity contribution in [3.63, 3.8) is 0 Å². The maximum absolute atomic E-state index is 10.9. The molecule has 0 aliphatic heterocycles. The Morgan fingerprint density at radius 3 is 2.67 bits per heavy atom. The first-order valence-corrected chi connectivity index (χ1v) is 6.68. The number of ether oxygens (including phenoxy) is 1. The standard InChI is InChI=1S/C12H17BrN2O3/c1-8(2)6-9(13)7-10-11(15(16)17)4-5-12(14-10)18-3/h4-5,8-9H,6-7H2,1-3H3. The van der Waals surface area contributed by atoms with E-state index >= 15 is 0 Å². The SMILES string of the molecule is COc1ccc([N+](=O)[O-])c(CC(Br)CC(C)C)n1. The van der Waals surface area contributed by atoms with Crippen molar-refractivity contribution in [2.75, 3.05) is 7.11 Å². The second-order valence-corrected chi connectivity index (χ2v) is 5.80. The predicted octanol–water partition coefficient (Wildman–Crippen LogP) is 3.35. The molecule has 0 saturated carbocycles. The molecule has 0 radical (unpaired) electrons. The predicted molar refractivity (Wildman–Crippen MR) is 73.3 cm³/mol. The quantitative estimate of drug-likeness (QED) is 0.458. The molecule has 18 heavy (non-hydrogen) atoms. The molecule has 0 aliphatic rings. The number of methoxy groups -OCH3 is 1. The number of pyridine rings is 1. The number of aromatic nitrogens is 1. The van der Waals surface area contributed by atoms with E-state index in [2.05, 4.69) is 34.8 Å². The fourth-order valence-electron chi connectivity index (χ4n) is 1.71. The molecule has 5 nitrogen and oxygen atoms in total. The van der Waals surface area contributed by atoms with Crippen LogP contribution in [0.3, 0.4) is 0 Å². The number of halogens is 1. The highest BCUT2D eigenvalue weighted by Gasteiger charge is 2.19. The Labute approximate surface area is 115 Å². The van der Waals surface area contributed by atoms with E-state index in [4.69, 9.17) is 4.74 Å². The summed E-state index contributed by atoms with van der Waals surface area (Å²) in [6.07, 6.45) is 1.46. The number of hydrogen-bond acceptors (Lipinski definition) is 4. The molecular weight excluding hydrogens is 300 g/mol. The first-order valence-electron chi connectivity index (χ1n) is 5.76. The average Bonchev–Trinajstić information content (AvgIpc) is 2.27. The van der Waals surface area contributed by atoms with Crippen LogP contribution in [0.5, 0.6) is 5.88 Å². The zero-order valence-corrected chi connectivity index (χ0v) is 12.3. The minimum atomic E-state index is -0.406. The molecule has 1 aromatic heterocycles. The van der Waals surface area contributed by atoms with Gasteiger partial charge in [-0.2, -0.15) is 0 Å². The van der Waals surface area contributed by atoms with Gasteiger partial charge in [0, 0.05) is 23.4 Å². The van der Waals surface area contributed by atoms with E-state index in [9.17, 15) is 10.1 Å². The molecule has 0 aliphatic carbocycles. The normalized spacial score (nSPS) is 12.5. The first-order chi connectivity index (χ1) is 8.43. The van der Waals surface area contributed by atoms with Crippen molar-refractivity contribution in [1.29, 1.82) is 0 Å². The Bertz CT molecular complexity index is 424. The molecule has 0 aromatic carbocycles. The molecule has 0 amide bonds. The molecule has 1 rings (SSSR count). The van der Waals surface area contributed by atoms with Gasteiger partial charge < -0.3 is 4.74 Å². The molecule has 100 valence electrons. The van der Waals surface area contributed by atoms with E-state index < -0.39 is 4.92 Å². The summed E-state index contributed by atoms with van der Waals surface area (Å²) in [5, 5.41) is 10.9. The zero-order valence-electron chi connectivity index (χ0n) is 10.7. The van der Waals surface area contributed by atoms with Gasteiger partial charge in [-0.05, 0) is 12.3 Å². The molecule has 0 saturated heterocycles. The molecule has 6 heteroatoms. The Morgan fingerprint density at radius 2 is 2.17 bits per heavy atom. The summed E-state index contributed by atoms with van der Waals surface area (Å²) >= 11 is 3.54. The highest BCUT2D eigenvalue weighted by molar-refractivity contribution is 9.09. The molecule has 0 fully saturated rings. The average molecular weight is 317 g/mol. The third kappa shape index (κ3) is 4.25. The van der Waals surface area contributed by atoms with Crippen molar-refractivity contribution in [2.24, 2.45) is 5.92 Å². The summed E-state index contributed by atoms with van der Waals surface area (Å²) in [5.41, 5.74) is 0.505. The van der Waals surface area contributed by atoms with Crippen LogP contribution in [0.1, 0.15) is 26.0 Å². The lowest BCUT2D eigenvalue weighted by Gasteiger charge is -2.12. The maximum Gasteiger partial charge on any atom is 0.291 e. The van der Waals surface area contributed by atoms with Crippen molar-refractivity contribution in [3.05, 3.63) is 27.9 Å². The number of alkyl halides is 1. The van der Waals surface area contributed by atoms with Crippen molar-refractivity contribution in [1.82, 2.24) is 4.98 Å². The number of nitro groups is 1. The summed E-state index contributed by atoms with van der Waals surface area (Å²) in [5.74, 6) is 0.930. The van der Waals surface area contributed by atoms with Crippen LogP contribution in [0.4, 0.5) is 5.69 Å². The van der Waals surface area contributed by atoms with Gasteiger partial charge in [0.1, 0.15) is 5.69 Å². The van der Waals surface area contributed by atoms with E-state index in [0.29, 0.717) is 23.9 Å². The van der Waals surface area contributed by atoms with Gasteiger partial charge in [0.05, 0.1) is 12.0 Å². The van der Waals surface area contributed by atoms with Crippen LogP contribution >= 0.6 is 15.9 Å². The fraction of sp³-hybridized carbons (Fsp3) is 0.583. The van der Waals surface area contributed by atoms with Crippen molar-refractivity contribution < 1.29 is 9.66 Å². The molecule has 1 aromatic rings. The van der Waals surface area contributed by atoms with Gasteiger partial charge in [0.2, 0.25) is 5.88 Å². The Balaban J connectivity index is 2.93. The lowest BCUT2D eigenvalue weighted by Crippen LogP contribution is -2.10. The zero-order chi connectivity index (χ0) is 13.7. The number of nitrogens with zero attached hydrogens (tertiary/aromatic N) is 2. The largest absolute Gasteiger partial charge is 0.481 e. The van der Waals surface area contributed by atoms with Crippen LogP contribution in [-0.4, -0.2) is 21.8 Å². The summed E-state index contributed by atoms with van der Waals surface area (Å²) in [7, 11) is 1.50. The monoisotopic (exact) mass is 316 g/mol. The highest BCUT2D eigenvalue weighted by atomic mass is 79.9. The summed E-state index contributed by atoms with van der Waals surface area (Å²) in [6, 6.07) is 2.95. The molecule has 0 bridgehead atoms. The van der Waals surface area contributed by atoms with Crippen LogP contribution < -0.4 is 4.74 Å². The van der Waals surface area contributed by atoms with Crippen LogP contribution in [0.15, 0.2) is 12.1 Å². The lowest BCUT2D eigenvalue weighted by atomic mass is 10.0. The lowest BCUT2D eigenvalue weighted by molar-refractivity contribution is -0.386. The Morgan fingerprint density at radius 1 is 1.50 bits per heavy atom. The van der Waals surface area contributed by atoms with Crippen LogP contribution in [0.25, 0.3) is 0 Å². The van der Waals surface area contributed by atoms with Crippen molar-refractivity contribution in [3.8, 4) is 5.88 Å². The van der Waals surface area contributed by atoms with Gasteiger partial charge in [0.15, 0.2) is 0 Å². The summed E-state index contributed by atoms with van der Waals surface area (Å²) < 4.78 is 5.00. The Hall–Kier alpha value is -1.17. The van der Waals surface area contributed by atoms with Crippen LogP contribution in [0.2, 0.25) is 0 Å². The minimum Gasteiger partial charge on any atom is -0.481 e. The van der Waals surface area contributed by atoms with E-state index in [1.165, 1.54) is 19.2 Å². The van der Waals surface area contributed by atoms with E-state index in [0.717, 1.165) is 6.42 Å². The second kappa shape index (κ2) is 6.68. The summed E-state index contributed by atoms with van der Waals surface area (Å²) in [6.45, 7) is 4.23. The van der Waals surface area contributed by atoms with Gasteiger partial charge in [-0.15, -0.1) is 0 Å². The third-order valence-electron chi connectivity index (χ3n) is 2.47. The first kappa shape index (κ1) is 14.9. The van der Waals surface area contributed by atoms with Gasteiger partial charge >= 0.3 is 0 Å². The second-order valence-electron chi connectivity index (χ2n) is 4.51. The number of hydrogen-bond donors (Lipinski definition) is 0. The summed E-state index contributed by atoms with van der Waals surface area (Å²) in [4.78, 5) is 14.9. The third-order valence-corrected chi connectivity index (χ3v) is 3.17.